The van der Waals surface area contributed by atoms with E-state index in [1.54, 1.807) is 0 Å². The van der Waals surface area contributed by atoms with Crippen LogP contribution in [0.1, 0.15) is 106 Å². The minimum Gasteiger partial charge on any atom is -0.0760 e. The number of fused-ring (bicyclic) bond motifs is 14. The van der Waals surface area contributed by atoms with E-state index in [0.29, 0.717) is 0 Å². The van der Waals surface area contributed by atoms with E-state index in [0.717, 1.165) is 6.42 Å². The van der Waals surface area contributed by atoms with Crippen molar-refractivity contribution in [1.82, 2.24) is 0 Å². The quantitative estimate of drug-likeness (QED) is 0.166. The van der Waals surface area contributed by atoms with E-state index in [9.17, 15) is 0 Å². The largest absolute Gasteiger partial charge is 0.0760 e. The third-order valence-electron chi connectivity index (χ3n) is 15.3. The molecule has 276 valence electrons. The van der Waals surface area contributed by atoms with Gasteiger partial charge in [-0.1, -0.05) is 152 Å². The summed E-state index contributed by atoms with van der Waals surface area (Å²) in [5.74, 6) is 0. The van der Waals surface area contributed by atoms with Crippen molar-refractivity contribution >= 4 is 16.3 Å². The van der Waals surface area contributed by atoms with Crippen molar-refractivity contribution in [3.63, 3.8) is 0 Å². The van der Waals surface area contributed by atoms with Crippen LogP contribution in [0.3, 0.4) is 0 Å². The third-order valence-corrected chi connectivity index (χ3v) is 15.3. The predicted octanol–water partition coefficient (Wildman–Crippen LogP) is 15.1. The predicted molar refractivity (Wildman–Crippen MR) is 241 cm³/mol. The lowest BCUT2D eigenvalue weighted by atomic mass is 9.79. The van der Waals surface area contributed by atoms with Crippen LogP contribution >= 0.6 is 0 Å². The summed E-state index contributed by atoms with van der Waals surface area (Å²) in [6.07, 6.45) is 5.89. The first-order valence-electron chi connectivity index (χ1n) is 21.0. The summed E-state index contributed by atoms with van der Waals surface area (Å²) in [5, 5.41) is 2.70. The number of hydrogen-bond acceptors (Lipinski definition) is 0. The molecule has 0 atom stereocenters. The topological polar surface area (TPSA) is 0 Å². The molecule has 0 heteroatoms. The summed E-state index contributed by atoms with van der Waals surface area (Å²) in [4.78, 5) is 0. The average molecular weight is 733 g/mol. The highest BCUT2D eigenvalue weighted by atomic mass is 14.4. The normalized spacial score (nSPS) is 18.5. The maximum absolute atomic E-state index is 2.54. The van der Waals surface area contributed by atoms with Gasteiger partial charge in [0.1, 0.15) is 0 Å². The zero-order valence-electron chi connectivity index (χ0n) is 34.4. The Morgan fingerprint density at radius 1 is 0.351 bits per heavy atom. The van der Waals surface area contributed by atoms with Gasteiger partial charge in [0, 0.05) is 21.7 Å². The van der Waals surface area contributed by atoms with Crippen LogP contribution in [0, 0.1) is 0 Å². The Kier molecular flexibility index (Phi) is 6.22. The molecule has 0 bridgehead atoms. The molecule has 0 amide bonds. The van der Waals surface area contributed by atoms with Crippen LogP contribution in [0.5, 0.6) is 0 Å². The summed E-state index contributed by atoms with van der Waals surface area (Å²) < 4.78 is 0. The summed E-state index contributed by atoms with van der Waals surface area (Å²) >= 11 is 0. The molecule has 0 fully saturated rings. The maximum Gasteiger partial charge on any atom is 0.0159 e. The highest BCUT2D eigenvalue weighted by molar-refractivity contribution is 6.06. The summed E-state index contributed by atoms with van der Waals surface area (Å²) in [6, 6.07) is 47.7. The van der Waals surface area contributed by atoms with Crippen LogP contribution < -0.4 is 0 Å². The first kappa shape index (κ1) is 33.4. The molecule has 0 nitrogen and oxygen atoms in total. The molecule has 0 aromatic heterocycles. The Morgan fingerprint density at radius 2 is 0.842 bits per heavy atom. The second-order valence-corrected chi connectivity index (χ2v) is 19.7. The third kappa shape index (κ3) is 4.14. The van der Waals surface area contributed by atoms with Crippen LogP contribution in [0.25, 0.3) is 72.0 Å². The Labute approximate surface area is 337 Å². The molecule has 0 aliphatic heterocycles. The van der Waals surface area contributed by atoms with Crippen molar-refractivity contribution in [2.24, 2.45) is 0 Å². The van der Waals surface area contributed by atoms with Gasteiger partial charge in [-0.2, -0.15) is 0 Å². The molecule has 5 aliphatic carbocycles. The van der Waals surface area contributed by atoms with E-state index in [1.807, 2.05) is 0 Å². The second-order valence-electron chi connectivity index (χ2n) is 19.7. The van der Waals surface area contributed by atoms with E-state index in [2.05, 4.69) is 189 Å². The molecule has 12 rings (SSSR count). The number of allylic oxidation sites excluding steroid dienone is 4. The Balaban J connectivity index is 0.957. The van der Waals surface area contributed by atoms with Crippen molar-refractivity contribution in [1.29, 1.82) is 0 Å². The Bertz CT molecular complexity index is 3070. The smallest absolute Gasteiger partial charge is 0.0159 e. The fraction of sp³-hybridized carbons (Fsp3) is 0.228. The van der Waals surface area contributed by atoms with Gasteiger partial charge in [0.15, 0.2) is 0 Å². The number of benzene rings is 7. The van der Waals surface area contributed by atoms with E-state index < -0.39 is 0 Å². The fourth-order valence-electron chi connectivity index (χ4n) is 12.0. The lowest BCUT2D eigenvalue weighted by Crippen LogP contribution is -2.16. The summed E-state index contributed by atoms with van der Waals surface area (Å²) in [5.41, 5.74) is 27.7. The van der Waals surface area contributed by atoms with Gasteiger partial charge in [-0.25, -0.2) is 0 Å². The molecular formula is C57H48. The fourth-order valence-corrected chi connectivity index (χ4v) is 12.0. The lowest BCUT2D eigenvalue weighted by Gasteiger charge is -2.24. The molecule has 0 saturated carbocycles. The van der Waals surface area contributed by atoms with Gasteiger partial charge in [0.2, 0.25) is 0 Å². The van der Waals surface area contributed by atoms with Gasteiger partial charge in [-0.05, 0) is 165 Å². The minimum atomic E-state index is -0.109. The molecule has 7 aromatic carbocycles. The van der Waals surface area contributed by atoms with E-state index >= 15 is 0 Å². The van der Waals surface area contributed by atoms with Gasteiger partial charge in [0.25, 0.3) is 0 Å². The Morgan fingerprint density at radius 3 is 1.51 bits per heavy atom. The van der Waals surface area contributed by atoms with E-state index in [1.165, 1.54) is 122 Å². The molecular weight excluding hydrogens is 685 g/mol. The molecule has 7 aromatic rings. The molecule has 0 unspecified atom stereocenters. The average Bonchev–Trinajstić information content (AvgIpc) is 3.96. The molecule has 0 heterocycles. The highest BCUT2D eigenvalue weighted by Crippen LogP contribution is 2.57. The highest BCUT2D eigenvalue weighted by Gasteiger charge is 2.42. The van der Waals surface area contributed by atoms with Crippen molar-refractivity contribution in [2.45, 2.75) is 83.5 Å². The second kappa shape index (κ2) is 10.6. The van der Waals surface area contributed by atoms with Gasteiger partial charge in [-0.15, -0.1) is 0 Å². The first-order valence-corrected chi connectivity index (χ1v) is 21.0. The van der Waals surface area contributed by atoms with Crippen molar-refractivity contribution in [3.05, 3.63) is 184 Å². The van der Waals surface area contributed by atoms with Gasteiger partial charge < -0.3 is 0 Å². The van der Waals surface area contributed by atoms with Crippen LogP contribution in [-0.2, 0) is 21.7 Å². The summed E-state index contributed by atoms with van der Waals surface area (Å²) in [6.45, 7) is 19.2. The molecule has 5 aliphatic rings. The zero-order valence-corrected chi connectivity index (χ0v) is 34.4. The van der Waals surface area contributed by atoms with Crippen LogP contribution in [0.4, 0.5) is 0 Å². The molecule has 0 N–H and O–H groups in total. The van der Waals surface area contributed by atoms with Crippen molar-refractivity contribution in [3.8, 4) is 55.6 Å². The van der Waals surface area contributed by atoms with Gasteiger partial charge in [0.05, 0.1) is 0 Å². The van der Waals surface area contributed by atoms with Crippen molar-refractivity contribution in [2.75, 3.05) is 0 Å². The molecule has 0 radical (unpaired) electrons. The zero-order chi connectivity index (χ0) is 39.0. The van der Waals surface area contributed by atoms with E-state index in [-0.39, 0.29) is 21.7 Å². The summed E-state index contributed by atoms with van der Waals surface area (Å²) in [7, 11) is 0. The lowest BCUT2D eigenvalue weighted by molar-refractivity contribution is 0.659. The molecule has 0 saturated heterocycles. The number of rotatable bonds is 2. The number of hydrogen-bond donors (Lipinski definition) is 0. The van der Waals surface area contributed by atoms with Crippen LogP contribution in [0.2, 0.25) is 0 Å². The minimum absolute atomic E-state index is 0.0174. The standard InChI is InChI=1S/C57H48/c1-54(2)45-14-10-9-12-37(45)39-21-16-33(27-48(39)54)35-19-24-42-51(29-35)56(5,6)47-25-20-36-30-52-44(31-43(36)53(42)47)41-23-18-34(28-50(41)57(52,7)8)32-17-22-40-38-13-11-15-46(38)55(3,4)49(40)26-32/h9-10,12-31H,11H2,1-8H3. The SMILES string of the molecule is CC1(C)C2=CCC=C2c2ccc(-c3ccc4c(c3)C(C)(C)c3cc5ccc6c(c5cc3-4)-c3ccc(-c4ccc5c(c4)C(C)(C)c4ccccc4-5)cc3C6(C)C)cc21. The Hall–Kier alpha value is -5.72. The van der Waals surface area contributed by atoms with Gasteiger partial charge in [-0.3, -0.25) is 0 Å². The van der Waals surface area contributed by atoms with Gasteiger partial charge >= 0.3 is 0 Å². The maximum atomic E-state index is 2.54. The molecule has 57 heavy (non-hydrogen) atoms. The van der Waals surface area contributed by atoms with Crippen LogP contribution in [0.15, 0.2) is 139 Å². The van der Waals surface area contributed by atoms with E-state index in [4.69, 9.17) is 0 Å². The monoisotopic (exact) mass is 732 g/mol. The van der Waals surface area contributed by atoms with Crippen LogP contribution in [-0.4, -0.2) is 0 Å². The molecule has 0 spiro atoms. The first-order chi connectivity index (χ1) is 27.3. The van der Waals surface area contributed by atoms with Crippen molar-refractivity contribution < 1.29 is 0 Å².